The fourth-order valence-corrected chi connectivity index (χ4v) is 5.67. The van der Waals surface area contributed by atoms with Gasteiger partial charge in [0.2, 0.25) is 5.71 Å². The summed E-state index contributed by atoms with van der Waals surface area (Å²) in [6.45, 7) is 2.48. The molecule has 1 amide bonds. The molecule has 6 rings (SSSR count). The largest absolute Gasteiger partial charge is 0.437 e. The van der Waals surface area contributed by atoms with Crippen LogP contribution in [0.3, 0.4) is 0 Å². The first-order valence-corrected chi connectivity index (χ1v) is 13.8. The van der Waals surface area contributed by atoms with Crippen molar-refractivity contribution in [1.29, 1.82) is 0 Å². The predicted octanol–water partition coefficient (Wildman–Crippen LogP) is 7.20. The van der Waals surface area contributed by atoms with Gasteiger partial charge in [0.05, 0.1) is 5.39 Å². The van der Waals surface area contributed by atoms with E-state index in [2.05, 4.69) is 32.7 Å². The fourth-order valence-electron chi connectivity index (χ4n) is 5.67. The van der Waals surface area contributed by atoms with Crippen LogP contribution in [0, 0.1) is 0 Å². The zero-order chi connectivity index (χ0) is 26.0. The molecule has 2 N–H and O–H groups in total. The van der Waals surface area contributed by atoms with Crippen LogP contribution in [0.2, 0.25) is 0 Å². The molecule has 196 valence electrons. The Kier molecular flexibility index (Phi) is 6.85. The summed E-state index contributed by atoms with van der Waals surface area (Å²) in [5, 5.41) is 7.64. The number of nitrogens with one attached hydrogen (secondary N) is 2. The van der Waals surface area contributed by atoms with Crippen molar-refractivity contribution in [2.75, 3.05) is 17.2 Å². The van der Waals surface area contributed by atoms with E-state index >= 15 is 0 Å². The van der Waals surface area contributed by atoms with E-state index in [0.29, 0.717) is 18.4 Å². The summed E-state index contributed by atoms with van der Waals surface area (Å²) in [4.78, 5) is 22.0. The van der Waals surface area contributed by atoms with E-state index in [1.807, 2.05) is 49.4 Å². The van der Waals surface area contributed by atoms with Crippen LogP contribution in [-0.2, 0) is 9.53 Å². The lowest BCUT2D eigenvalue weighted by atomic mass is 9.98. The number of hydrogen-bond acceptors (Lipinski definition) is 6. The summed E-state index contributed by atoms with van der Waals surface area (Å²) in [7, 11) is 0. The number of rotatable bonds is 6. The first-order chi connectivity index (χ1) is 18.6. The highest BCUT2D eigenvalue weighted by Crippen LogP contribution is 2.43. The maximum absolute atomic E-state index is 12.8. The van der Waals surface area contributed by atoms with Crippen molar-refractivity contribution in [2.24, 2.45) is 0 Å². The van der Waals surface area contributed by atoms with Gasteiger partial charge in [-0.25, -0.2) is 9.97 Å². The van der Waals surface area contributed by atoms with E-state index < -0.39 is 5.60 Å². The summed E-state index contributed by atoms with van der Waals surface area (Å²) in [5.74, 6) is 1.45. The Morgan fingerprint density at radius 3 is 2.39 bits per heavy atom. The number of hydrogen-bond donors (Lipinski definition) is 2. The molecule has 7 heteroatoms. The maximum atomic E-state index is 12.8. The molecule has 0 spiro atoms. The molecule has 2 fully saturated rings. The van der Waals surface area contributed by atoms with Crippen molar-refractivity contribution in [2.45, 2.75) is 69.9 Å². The number of carbonyl (C=O) groups excluding carboxylic acids is 1. The standard InChI is InChI=1S/C31H34N4O3/c1-31(18-9-19-37-31)30(36)35-24-16-14-22(15-17-24)27-25(21-10-5-4-6-11-21)26-28(32-20-33-29(26)38-27)34-23-12-7-2-3-8-13-23/h4-6,10-11,14-17,20,23H,2-3,7-9,12-13,18-19H2,1H3,(H,35,36)(H,32,33,34). The van der Waals surface area contributed by atoms with Gasteiger partial charge in [-0.3, -0.25) is 4.79 Å². The molecular formula is C31H34N4O3. The number of furan rings is 1. The van der Waals surface area contributed by atoms with Gasteiger partial charge in [0, 0.05) is 29.5 Å². The number of ether oxygens (including phenoxy) is 1. The SMILES string of the molecule is CC1(C(=O)Nc2ccc(-c3oc4ncnc(NC5CCCCCC5)c4c3-c3ccccc3)cc2)CCCO1. The second-order valence-corrected chi connectivity index (χ2v) is 10.6. The summed E-state index contributed by atoms with van der Waals surface area (Å²) in [5.41, 5.74) is 3.45. The summed E-state index contributed by atoms with van der Waals surface area (Å²) in [6, 6.07) is 18.4. The Balaban J connectivity index is 1.37. The second-order valence-electron chi connectivity index (χ2n) is 10.6. The van der Waals surface area contributed by atoms with Crippen molar-refractivity contribution in [3.63, 3.8) is 0 Å². The van der Waals surface area contributed by atoms with E-state index in [1.54, 1.807) is 6.33 Å². The van der Waals surface area contributed by atoms with Gasteiger partial charge in [-0.2, -0.15) is 0 Å². The van der Waals surface area contributed by atoms with Gasteiger partial charge in [-0.05, 0) is 62.4 Å². The number of carbonyl (C=O) groups is 1. The van der Waals surface area contributed by atoms with Gasteiger partial charge in [-0.1, -0.05) is 56.0 Å². The van der Waals surface area contributed by atoms with Crippen molar-refractivity contribution >= 4 is 28.5 Å². The monoisotopic (exact) mass is 510 g/mol. The number of fused-ring (bicyclic) bond motifs is 1. The first-order valence-electron chi connectivity index (χ1n) is 13.8. The third-order valence-corrected chi connectivity index (χ3v) is 7.85. The minimum Gasteiger partial charge on any atom is -0.437 e. The fraction of sp³-hybridized carbons (Fsp3) is 0.387. The third kappa shape index (κ3) is 4.90. The van der Waals surface area contributed by atoms with Crippen molar-refractivity contribution in [3.05, 3.63) is 60.9 Å². The van der Waals surface area contributed by atoms with E-state index in [4.69, 9.17) is 9.15 Å². The van der Waals surface area contributed by atoms with Crippen LogP contribution in [0.25, 0.3) is 33.6 Å². The first kappa shape index (κ1) is 24.6. The van der Waals surface area contributed by atoms with E-state index in [9.17, 15) is 4.79 Å². The second kappa shape index (κ2) is 10.6. The highest BCUT2D eigenvalue weighted by Gasteiger charge is 2.37. The predicted molar refractivity (Wildman–Crippen MR) is 150 cm³/mol. The minimum absolute atomic E-state index is 0.110. The average Bonchev–Trinajstić information content (AvgIpc) is 3.47. The van der Waals surface area contributed by atoms with Gasteiger partial charge < -0.3 is 19.8 Å². The van der Waals surface area contributed by atoms with Crippen LogP contribution in [0.4, 0.5) is 11.5 Å². The highest BCUT2D eigenvalue weighted by atomic mass is 16.5. The number of nitrogens with zero attached hydrogens (tertiary/aromatic N) is 2. The average molecular weight is 511 g/mol. The van der Waals surface area contributed by atoms with Gasteiger partial charge in [-0.15, -0.1) is 0 Å². The molecule has 1 aliphatic heterocycles. The Morgan fingerprint density at radius 1 is 0.921 bits per heavy atom. The highest BCUT2D eigenvalue weighted by molar-refractivity contribution is 6.06. The summed E-state index contributed by atoms with van der Waals surface area (Å²) in [6.07, 6.45) is 10.6. The molecule has 1 atom stereocenters. The summed E-state index contributed by atoms with van der Waals surface area (Å²) < 4.78 is 12.1. The molecule has 1 unspecified atom stereocenters. The molecule has 1 saturated carbocycles. The van der Waals surface area contributed by atoms with Crippen LogP contribution in [0.5, 0.6) is 0 Å². The van der Waals surface area contributed by atoms with E-state index in [1.165, 1.54) is 25.7 Å². The van der Waals surface area contributed by atoms with Crippen molar-refractivity contribution in [1.82, 2.24) is 9.97 Å². The van der Waals surface area contributed by atoms with Crippen molar-refractivity contribution < 1.29 is 13.9 Å². The lowest BCUT2D eigenvalue weighted by Crippen LogP contribution is -2.39. The molecule has 3 heterocycles. The number of benzene rings is 2. The molecule has 2 aromatic carbocycles. The lowest BCUT2D eigenvalue weighted by molar-refractivity contribution is -0.133. The lowest BCUT2D eigenvalue weighted by Gasteiger charge is -2.21. The topological polar surface area (TPSA) is 89.3 Å². The Bertz CT molecular complexity index is 1400. The van der Waals surface area contributed by atoms with E-state index in [-0.39, 0.29) is 5.91 Å². The van der Waals surface area contributed by atoms with Crippen LogP contribution in [-0.4, -0.2) is 34.1 Å². The van der Waals surface area contributed by atoms with Crippen LogP contribution in [0.1, 0.15) is 58.3 Å². The zero-order valence-corrected chi connectivity index (χ0v) is 21.8. The Labute approximate surface area is 223 Å². The molecule has 2 aliphatic rings. The molecular weight excluding hydrogens is 476 g/mol. The zero-order valence-electron chi connectivity index (χ0n) is 21.8. The molecule has 38 heavy (non-hydrogen) atoms. The molecule has 0 radical (unpaired) electrons. The molecule has 7 nitrogen and oxygen atoms in total. The van der Waals surface area contributed by atoms with Crippen molar-refractivity contribution in [3.8, 4) is 22.5 Å². The van der Waals surface area contributed by atoms with E-state index in [0.717, 1.165) is 65.0 Å². The quantitative estimate of drug-likeness (QED) is 0.267. The maximum Gasteiger partial charge on any atom is 0.256 e. The number of aromatic nitrogens is 2. The smallest absolute Gasteiger partial charge is 0.256 e. The molecule has 4 aromatic rings. The normalized spacial score (nSPS) is 20.3. The molecule has 0 bridgehead atoms. The number of anilines is 2. The molecule has 2 aromatic heterocycles. The van der Waals surface area contributed by atoms with Gasteiger partial charge in [0.15, 0.2) is 0 Å². The van der Waals surface area contributed by atoms with Gasteiger partial charge in [0.1, 0.15) is 23.5 Å². The molecule has 1 aliphatic carbocycles. The minimum atomic E-state index is -0.767. The van der Waals surface area contributed by atoms with Crippen LogP contribution >= 0.6 is 0 Å². The van der Waals surface area contributed by atoms with Crippen LogP contribution < -0.4 is 10.6 Å². The summed E-state index contributed by atoms with van der Waals surface area (Å²) >= 11 is 0. The van der Waals surface area contributed by atoms with Crippen LogP contribution in [0.15, 0.2) is 65.3 Å². The number of amides is 1. The Morgan fingerprint density at radius 2 is 1.68 bits per heavy atom. The molecule has 1 saturated heterocycles. The van der Waals surface area contributed by atoms with Gasteiger partial charge >= 0.3 is 0 Å². The Hall–Kier alpha value is -3.71. The van der Waals surface area contributed by atoms with Gasteiger partial charge in [0.25, 0.3) is 5.91 Å². The third-order valence-electron chi connectivity index (χ3n) is 7.85.